The Hall–Kier alpha value is -3.81. The maximum Gasteiger partial charge on any atom is 0.423 e. The first kappa shape index (κ1) is 30.7. The Morgan fingerprint density at radius 3 is 1.98 bits per heavy atom. The van der Waals surface area contributed by atoms with E-state index in [4.69, 9.17) is 5.73 Å². The molecule has 0 amide bonds. The second-order valence-electron chi connectivity index (χ2n) is 8.87. The summed E-state index contributed by atoms with van der Waals surface area (Å²) in [6.45, 7) is 0. The van der Waals surface area contributed by atoms with Gasteiger partial charge in [-0.2, -0.15) is 18.3 Å². The van der Waals surface area contributed by atoms with Crippen LogP contribution in [0, 0.1) is 11.6 Å². The zero-order valence-electron chi connectivity index (χ0n) is 21.7. The first-order valence-corrected chi connectivity index (χ1v) is 13.4. The maximum absolute atomic E-state index is 14.3. The Morgan fingerprint density at radius 2 is 1.50 bits per heavy atom. The number of nitrogens with two attached hydrogens (primary N) is 1. The van der Waals surface area contributed by atoms with Gasteiger partial charge in [0.05, 0.1) is 22.8 Å². The average molecular weight is 583 g/mol. The number of H-pyrrole nitrogens is 1. The highest BCUT2D eigenvalue weighted by molar-refractivity contribution is 7.98. The third kappa shape index (κ3) is 7.64. The normalized spacial score (nSPS) is 13.2. The fourth-order valence-corrected chi connectivity index (χ4v) is 4.25. The van der Waals surface area contributed by atoms with E-state index in [9.17, 15) is 31.5 Å². The number of hydrogen-bond donors (Lipinski definition) is 2. The van der Waals surface area contributed by atoms with Crippen LogP contribution in [0.1, 0.15) is 44.1 Å². The predicted molar refractivity (Wildman–Crippen MR) is 144 cm³/mol. The van der Waals surface area contributed by atoms with Crippen molar-refractivity contribution in [1.82, 2.24) is 24.7 Å². The molecule has 0 spiro atoms. The number of aromatic nitrogens is 5. The van der Waals surface area contributed by atoms with Gasteiger partial charge >= 0.3 is 6.18 Å². The van der Waals surface area contributed by atoms with E-state index in [1.54, 1.807) is 17.5 Å². The molecule has 0 radical (unpaired) electrons. The van der Waals surface area contributed by atoms with E-state index in [-0.39, 0.29) is 22.2 Å². The summed E-state index contributed by atoms with van der Waals surface area (Å²) in [7, 11) is 1.42. The lowest BCUT2D eigenvalue weighted by Gasteiger charge is -2.07. The van der Waals surface area contributed by atoms with E-state index in [1.165, 1.54) is 63.4 Å². The number of aromatic amines is 1. The number of hydrogen-bond acceptors (Lipinski definition) is 7. The van der Waals surface area contributed by atoms with Crippen LogP contribution in [-0.4, -0.2) is 31.0 Å². The Bertz CT molecular complexity index is 1560. The summed E-state index contributed by atoms with van der Waals surface area (Å²) in [6, 6.07) is 2.30. The highest BCUT2D eigenvalue weighted by Crippen LogP contribution is 2.29. The number of nitrogen functional groups attached to an aromatic ring is 1. The molecule has 3 heterocycles. The van der Waals surface area contributed by atoms with Gasteiger partial charge in [0.2, 0.25) is 0 Å². The van der Waals surface area contributed by atoms with Gasteiger partial charge < -0.3 is 10.3 Å². The van der Waals surface area contributed by atoms with Gasteiger partial charge in [-0.15, -0.1) is 11.8 Å². The summed E-state index contributed by atoms with van der Waals surface area (Å²) in [5, 5.41) is 4.78. The molecule has 1 aliphatic carbocycles. The van der Waals surface area contributed by atoms with Crippen LogP contribution in [0.3, 0.4) is 0 Å². The quantitative estimate of drug-likeness (QED) is 0.230. The number of pyridine rings is 1. The molecular weight excluding hydrogens is 555 g/mol. The van der Waals surface area contributed by atoms with Crippen LogP contribution in [0.15, 0.2) is 51.4 Å². The van der Waals surface area contributed by atoms with Crippen LogP contribution in [0.4, 0.5) is 27.6 Å². The minimum absolute atomic E-state index is 0.00974. The van der Waals surface area contributed by atoms with Crippen molar-refractivity contribution in [3.05, 3.63) is 74.8 Å². The van der Waals surface area contributed by atoms with Crippen LogP contribution >= 0.6 is 11.8 Å². The van der Waals surface area contributed by atoms with Gasteiger partial charge in [-0.05, 0) is 18.4 Å². The summed E-state index contributed by atoms with van der Waals surface area (Å²) in [5.41, 5.74) is 1.10. The van der Waals surface area contributed by atoms with Crippen LogP contribution in [0.5, 0.6) is 0 Å². The Kier molecular flexibility index (Phi) is 10.4. The molecule has 14 heteroatoms. The SMILES string of the molecule is C1CCCCC1.CSc1cnc(-c2cc3c(F)cn(C)c(=O)c3cc2F)nc1.Nc1cn[nH]c(=O)c1C(F)(F)F. The van der Waals surface area contributed by atoms with Gasteiger partial charge in [-0.3, -0.25) is 9.59 Å². The maximum atomic E-state index is 14.3. The summed E-state index contributed by atoms with van der Waals surface area (Å²) >= 11 is 1.46. The zero-order chi connectivity index (χ0) is 29.4. The van der Waals surface area contributed by atoms with E-state index >= 15 is 0 Å². The van der Waals surface area contributed by atoms with Gasteiger partial charge in [-0.25, -0.2) is 23.8 Å². The molecule has 1 fully saturated rings. The summed E-state index contributed by atoms with van der Waals surface area (Å²) in [4.78, 5) is 31.5. The first-order valence-electron chi connectivity index (χ1n) is 12.2. The van der Waals surface area contributed by atoms with Crippen molar-refractivity contribution in [2.75, 3.05) is 12.0 Å². The Labute approximate surface area is 229 Å². The number of benzene rings is 1. The predicted octanol–water partition coefficient (Wildman–Crippen LogP) is 5.71. The number of aryl methyl sites for hydroxylation is 1. The molecule has 1 aromatic carbocycles. The summed E-state index contributed by atoms with van der Waals surface area (Å²) < 4.78 is 65.4. The molecule has 3 aromatic heterocycles. The van der Waals surface area contributed by atoms with Crippen molar-refractivity contribution < 1.29 is 22.0 Å². The van der Waals surface area contributed by atoms with Crippen molar-refractivity contribution >= 4 is 28.2 Å². The van der Waals surface area contributed by atoms with Gasteiger partial charge in [-0.1, -0.05) is 38.5 Å². The van der Waals surface area contributed by atoms with E-state index < -0.39 is 40.2 Å². The molecule has 8 nitrogen and oxygen atoms in total. The number of fused-ring (bicyclic) bond motifs is 1. The van der Waals surface area contributed by atoms with Crippen LogP contribution in [0.2, 0.25) is 0 Å². The molecule has 3 N–H and O–H groups in total. The fraction of sp³-hybridized carbons (Fsp3) is 0.346. The van der Waals surface area contributed by atoms with E-state index in [0.29, 0.717) is 0 Å². The van der Waals surface area contributed by atoms with Crippen molar-refractivity contribution in [1.29, 1.82) is 0 Å². The van der Waals surface area contributed by atoms with Crippen LogP contribution < -0.4 is 16.9 Å². The molecule has 0 unspecified atom stereocenters. The molecule has 214 valence electrons. The van der Waals surface area contributed by atoms with Crippen molar-refractivity contribution in [2.24, 2.45) is 7.05 Å². The largest absolute Gasteiger partial charge is 0.423 e. The summed E-state index contributed by atoms with van der Waals surface area (Å²) in [6.07, 6.45) is 11.1. The fourth-order valence-electron chi connectivity index (χ4n) is 3.93. The molecular formula is C26H27F5N6O2S. The first-order chi connectivity index (χ1) is 18.9. The van der Waals surface area contributed by atoms with E-state index in [1.807, 2.05) is 6.26 Å². The molecule has 0 aliphatic heterocycles. The Balaban J connectivity index is 0.000000204. The molecule has 40 heavy (non-hydrogen) atoms. The minimum atomic E-state index is -4.74. The zero-order valence-corrected chi connectivity index (χ0v) is 22.5. The minimum Gasteiger partial charge on any atom is -0.397 e. The van der Waals surface area contributed by atoms with E-state index in [0.717, 1.165) is 27.9 Å². The number of nitrogens with one attached hydrogen (secondary N) is 1. The average Bonchev–Trinajstić information content (AvgIpc) is 2.92. The van der Waals surface area contributed by atoms with Crippen molar-refractivity contribution in [3.8, 4) is 11.4 Å². The number of nitrogens with zero attached hydrogens (tertiary/aromatic N) is 4. The number of anilines is 1. The van der Waals surface area contributed by atoms with Crippen LogP contribution in [0.25, 0.3) is 22.2 Å². The van der Waals surface area contributed by atoms with Crippen molar-refractivity contribution in [3.63, 3.8) is 0 Å². The molecule has 0 bridgehead atoms. The third-order valence-corrected chi connectivity index (χ3v) is 6.68. The number of thioether (sulfide) groups is 1. The van der Waals surface area contributed by atoms with Crippen LogP contribution in [-0.2, 0) is 13.2 Å². The second kappa shape index (κ2) is 13.5. The Morgan fingerprint density at radius 1 is 0.925 bits per heavy atom. The monoisotopic (exact) mass is 582 g/mol. The molecule has 1 aliphatic rings. The van der Waals surface area contributed by atoms with Gasteiger partial charge in [0.1, 0.15) is 17.2 Å². The van der Waals surface area contributed by atoms with Gasteiger partial charge in [0, 0.05) is 35.9 Å². The smallest absolute Gasteiger partial charge is 0.397 e. The third-order valence-electron chi connectivity index (χ3n) is 6.00. The highest BCUT2D eigenvalue weighted by Gasteiger charge is 2.36. The van der Waals surface area contributed by atoms with Crippen molar-refractivity contribution in [2.45, 2.75) is 49.6 Å². The second-order valence-corrected chi connectivity index (χ2v) is 9.75. The highest BCUT2D eigenvalue weighted by atomic mass is 32.2. The topological polar surface area (TPSA) is 120 Å². The molecule has 5 rings (SSSR count). The number of rotatable bonds is 2. The summed E-state index contributed by atoms with van der Waals surface area (Å²) in [5.74, 6) is -1.11. The number of alkyl halides is 3. The molecule has 1 saturated carbocycles. The van der Waals surface area contributed by atoms with Gasteiger partial charge in [0.15, 0.2) is 5.82 Å². The molecule has 0 saturated heterocycles. The lowest BCUT2D eigenvalue weighted by atomic mass is 10.0. The lowest BCUT2D eigenvalue weighted by Crippen LogP contribution is -2.24. The number of halogens is 5. The molecule has 0 atom stereocenters. The standard InChI is InChI=1S/C15H11F2N3OS.C6H12.C5H4F3N3O/c1-20-7-13(17)9-3-11(12(16)4-10(9)15(20)21)14-18-5-8(22-2)6-19-14;1-2-4-6-5-3-1;6-5(7,8)3-2(9)1-10-11-4(3)12/h3-7H,1-2H3;1-6H2;1H,(H3,9,11,12). The lowest BCUT2D eigenvalue weighted by molar-refractivity contribution is -0.138. The molecule has 4 aromatic rings. The van der Waals surface area contributed by atoms with E-state index in [2.05, 4.69) is 15.1 Å². The van der Waals surface area contributed by atoms with Gasteiger partial charge in [0.25, 0.3) is 11.1 Å².